The Morgan fingerprint density at radius 3 is 2.67 bits per heavy atom. The van der Waals surface area contributed by atoms with Gasteiger partial charge in [0.15, 0.2) is 11.6 Å². The zero-order valence-corrected chi connectivity index (χ0v) is 9.36. The van der Waals surface area contributed by atoms with Crippen molar-refractivity contribution < 1.29 is 9.84 Å². The van der Waals surface area contributed by atoms with E-state index in [-0.39, 0.29) is 5.70 Å². The summed E-state index contributed by atoms with van der Waals surface area (Å²) < 4.78 is 5.27. The van der Waals surface area contributed by atoms with Crippen LogP contribution in [0.3, 0.4) is 0 Å². The molecule has 0 bridgehead atoms. The maximum absolute atomic E-state index is 8.67. The molecule has 0 saturated carbocycles. The van der Waals surface area contributed by atoms with Gasteiger partial charge >= 0.3 is 0 Å². The minimum atomic E-state index is -0.0186. The summed E-state index contributed by atoms with van der Waals surface area (Å²) in [4.78, 5) is 3.92. The molecule has 15 heavy (non-hydrogen) atoms. The van der Waals surface area contributed by atoms with Gasteiger partial charge in [-0.25, -0.2) is 4.99 Å². The molecule has 0 heterocycles. The third kappa shape index (κ3) is 6.55. The van der Waals surface area contributed by atoms with Crippen LogP contribution in [-0.4, -0.2) is 17.6 Å². The average molecular weight is 210 g/mol. The van der Waals surface area contributed by atoms with E-state index in [0.717, 1.165) is 19.3 Å². The fraction of sp³-hybridized carbons (Fsp3) is 0.636. The molecule has 0 aliphatic carbocycles. The zero-order chi connectivity index (χ0) is 11.5. The lowest BCUT2D eigenvalue weighted by Gasteiger charge is -2.06. The van der Waals surface area contributed by atoms with Crippen LogP contribution in [0, 0.1) is 11.3 Å². The molecule has 4 nitrogen and oxygen atoms in total. The third-order valence-corrected chi connectivity index (χ3v) is 1.79. The quantitative estimate of drug-likeness (QED) is 0.241. The minimum Gasteiger partial charge on any atom is -0.513 e. The normalized spacial score (nSPS) is 12.3. The smallest absolute Gasteiger partial charge is 0.189 e. The fourth-order valence-electron chi connectivity index (χ4n) is 1.07. The van der Waals surface area contributed by atoms with Crippen LogP contribution >= 0.6 is 0 Å². The maximum Gasteiger partial charge on any atom is 0.189 e. The lowest BCUT2D eigenvalue weighted by atomic mass is 10.2. The van der Waals surface area contributed by atoms with Gasteiger partial charge < -0.3 is 9.84 Å². The molecule has 0 atom stereocenters. The largest absolute Gasteiger partial charge is 0.513 e. The van der Waals surface area contributed by atoms with Crippen LogP contribution in [0.2, 0.25) is 0 Å². The topological polar surface area (TPSA) is 65.6 Å². The number of aliphatic imine (C=N–C) groups is 1. The number of hydrogen-bond donors (Lipinski definition) is 1. The first-order valence-electron chi connectivity index (χ1n) is 5.23. The maximum atomic E-state index is 8.67. The van der Waals surface area contributed by atoms with Crippen molar-refractivity contribution in [2.75, 3.05) is 6.61 Å². The number of nitriles is 1. The van der Waals surface area contributed by atoms with Gasteiger partial charge in [-0.2, -0.15) is 5.26 Å². The number of aliphatic hydroxyl groups is 1. The van der Waals surface area contributed by atoms with Crippen molar-refractivity contribution in [1.29, 1.82) is 5.26 Å². The Kier molecular flexibility index (Phi) is 8.16. The van der Waals surface area contributed by atoms with Crippen LogP contribution in [0.1, 0.15) is 39.5 Å². The Labute approximate surface area is 90.9 Å². The number of nitrogens with zero attached hydrogens (tertiary/aromatic N) is 2. The van der Waals surface area contributed by atoms with Crippen molar-refractivity contribution in [3.63, 3.8) is 0 Å². The zero-order valence-electron chi connectivity index (χ0n) is 9.36. The molecule has 0 spiro atoms. The second-order valence-electron chi connectivity index (χ2n) is 3.02. The summed E-state index contributed by atoms with van der Waals surface area (Å²) in [5, 5.41) is 17.2. The lowest BCUT2D eigenvalue weighted by molar-refractivity contribution is 0.315. The number of ether oxygens (including phenoxy) is 1. The van der Waals surface area contributed by atoms with Gasteiger partial charge in [-0.3, -0.25) is 0 Å². The van der Waals surface area contributed by atoms with Gasteiger partial charge in [-0.1, -0.05) is 19.8 Å². The van der Waals surface area contributed by atoms with E-state index in [1.54, 1.807) is 6.07 Å². The third-order valence-electron chi connectivity index (χ3n) is 1.79. The van der Waals surface area contributed by atoms with E-state index >= 15 is 0 Å². The van der Waals surface area contributed by atoms with Crippen molar-refractivity contribution >= 4 is 5.90 Å². The molecule has 0 aromatic carbocycles. The summed E-state index contributed by atoms with van der Waals surface area (Å²) in [6.45, 7) is 4.50. The standard InChI is InChI=1S/C11H18N2O2/c1-3-5-6-7-11(15-4-2)13-10(8-12)9-14/h9,14H,3-7H2,1-2H3/b10-9+,13-11?. The Balaban J connectivity index is 4.31. The summed E-state index contributed by atoms with van der Waals surface area (Å²) >= 11 is 0. The Morgan fingerprint density at radius 1 is 1.47 bits per heavy atom. The molecule has 0 fully saturated rings. The highest BCUT2D eigenvalue weighted by atomic mass is 16.5. The summed E-state index contributed by atoms with van der Waals surface area (Å²) in [6, 6.07) is 1.77. The Hall–Kier alpha value is -1.50. The molecule has 0 aromatic heterocycles. The SMILES string of the molecule is CCCCCC(=N/C(C#N)=C/O)OCC. The first-order chi connectivity index (χ1) is 7.28. The lowest BCUT2D eigenvalue weighted by Crippen LogP contribution is -2.05. The summed E-state index contributed by atoms with van der Waals surface area (Å²) in [7, 11) is 0. The highest BCUT2D eigenvalue weighted by molar-refractivity contribution is 5.77. The van der Waals surface area contributed by atoms with Gasteiger partial charge in [0, 0.05) is 6.42 Å². The van der Waals surface area contributed by atoms with Crippen molar-refractivity contribution in [1.82, 2.24) is 0 Å². The number of aliphatic hydroxyl groups excluding tert-OH is 1. The number of hydrogen-bond acceptors (Lipinski definition) is 4. The minimum absolute atomic E-state index is 0.0186. The molecule has 0 aliphatic rings. The molecule has 0 amide bonds. The van der Waals surface area contributed by atoms with Crippen LogP contribution in [0.4, 0.5) is 0 Å². The summed E-state index contributed by atoms with van der Waals surface area (Å²) in [5.74, 6) is 0.521. The highest BCUT2D eigenvalue weighted by Crippen LogP contribution is 2.05. The molecule has 0 rings (SSSR count). The van der Waals surface area contributed by atoms with Gasteiger partial charge in [0.1, 0.15) is 12.3 Å². The van der Waals surface area contributed by atoms with Gasteiger partial charge in [0.05, 0.1) is 6.61 Å². The van der Waals surface area contributed by atoms with Crippen LogP contribution in [0.15, 0.2) is 17.0 Å². The average Bonchev–Trinajstić information content (AvgIpc) is 2.26. The molecule has 0 aliphatic heterocycles. The van der Waals surface area contributed by atoms with E-state index in [4.69, 9.17) is 15.1 Å². The van der Waals surface area contributed by atoms with Crippen LogP contribution in [-0.2, 0) is 4.74 Å². The van der Waals surface area contributed by atoms with E-state index in [1.165, 1.54) is 0 Å². The van der Waals surface area contributed by atoms with Crippen molar-refractivity contribution in [3.05, 3.63) is 12.0 Å². The number of rotatable bonds is 6. The fourth-order valence-corrected chi connectivity index (χ4v) is 1.07. The predicted molar refractivity (Wildman–Crippen MR) is 59.5 cm³/mol. The molecular formula is C11H18N2O2. The van der Waals surface area contributed by atoms with Crippen LogP contribution in [0.25, 0.3) is 0 Å². The Bertz CT molecular complexity index is 264. The second-order valence-corrected chi connectivity index (χ2v) is 3.02. The van der Waals surface area contributed by atoms with Gasteiger partial charge in [-0.05, 0) is 13.3 Å². The second kappa shape index (κ2) is 9.07. The van der Waals surface area contributed by atoms with Crippen molar-refractivity contribution in [2.24, 2.45) is 4.99 Å². The van der Waals surface area contributed by atoms with Crippen molar-refractivity contribution in [2.45, 2.75) is 39.5 Å². The first kappa shape index (κ1) is 13.5. The van der Waals surface area contributed by atoms with E-state index in [2.05, 4.69) is 11.9 Å². The molecule has 1 N–H and O–H groups in total. The molecule has 0 aromatic rings. The number of unbranched alkanes of at least 4 members (excludes halogenated alkanes) is 2. The van der Waals surface area contributed by atoms with E-state index in [9.17, 15) is 0 Å². The predicted octanol–water partition coefficient (Wildman–Crippen LogP) is 2.92. The summed E-state index contributed by atoms with van der Waals surface area (Å²) in [6.07, 6.45) is 4.62. The highest BCUT2D eigenvalue weighted by Gasteiger charge is 2.01. The van der Waals surface area contributed by atoms with Crippen LogP contribution < -0.4 is 0 Å². The first-order valence-corrected chi connectivity index (χ1v) is 5.23. The Morgan fingerprint density at radius 2 is 2.20 bits per heavy atom. The molecule has 0 radical (unpaired) electrons. The van der Waals surface area contributed by atoms with E-state index in [1.807, 2.05) is 6.92 Å². The van der Waals surface area contributed by atoms with Gasteiger partial charge in [0.25, 0.3) is 0 Å². The molecule has 0 unspecified atom stereocenters. The van der Waals surface area contributed by atoms with E-state index < -0.39 is 0 Å². The van der Waals surface area contributed by atoms with Gasteiger partial charge in [-0.15, -0.1) is 0 Å². The molecule has 4 heteroatoms. The van der Waals surface area contributed by atoms with Crippen molar-refractivity contribution in [3.8, 4) is 6.07 Å². The molecule has 0 saturated heterocycles. The van der Waals surface area contributed by atoms with Gasteiger partial charge in [0.2, 0.25) is 0 Å². The van der Waals surface area contributed by atoms with E-state index in [0.29, 0.717) is 25.2 Å². The number of allylic oxidation sites excluding steroid dienone is 1. The summed E-state index contributed by atoms with van der Waals surface area (Å²) in [5.41, 5.74) is -0.0186. The monoisotopic (exact) mass is 210 g/mol. The van der Waals surface area contributed by atoms with Crippen LogP contribution in [0.5, 0.6) is 0 Å². The molecular weight excluding hydrogens is 192 g/mol. The molecule has 84 valence electrons.